The third-order valence-corrected chi connectivity index (χ3v) is 7.25. The molecule has 14 heteroatoms. The van der Waals surface area contributed by atoms with E-state index in [2.05, 4.69) is 9.98 Å². The molecule has 3 heterocycles. The van der Waals surface area contributed by atoms with Crippen molar-refractivity contribution >= 4 is 35.6 Å². The van der Waals surface area contributed by atoms with Crippen LogP contribution in [0, 0.1) is 0 Å². The van der Waals surface area contributed by atoms with E-state index in [0.717, 1.165) is 4.90 Å². The fourth-order valence-corrected chi connectivity index (χ4v) is 5.02. The molecule has 1 amide bonds. The number of carbonyl (C=O) groups excluding carboxylic acids is 1. The zero-order valence-electron chi connectivity index (χ0n) is 22.0. The second-order valence-corrected chi connectivity index (χ2v) is 10.0. The zero-order valence-corrected chi connectivity index (χ0v) is 22.0. The number of benzene rings is 2. The second kappa shape index (κ2) is 11.9. The number of hydrogen-bond acceptors (Lipinski definition) is 12. The molecule has 6 unspecified atom stereocenters. The van der Waals surface area contributed by atoms with E-state index in [1.807, 2.05) is 0 Å². The van der Waals surface area contributed by atoms with Crippen molar-refractivity contribution in [1.29, 1.82) is 0 Å². The van der Waals surface area contributed by atoms with Gasteiger partial charge in [0.1, 0.15) is 42.9 Å². The standard InChI is InChI=1S/C28H29N3O11/c32-11-22-24(36)25(37)26(38)28(42-22)41-21-9-17-14(8-20(21)34)7-18(27(39)40)31(17)23(35)4-2-13-1-3-19(33)15(5-13)6-16-10-29-12-30-16/h1-5,8-10,18,22,24-26,28,32-34,36-38H,6-7,11-12H2,(H,39,40). The molecule has 6 atom stereocenters. The van der Waals surface area contributed by atoms with Gasteiger partial charge in [-0.2, -0.15) is 0 Å². The Morgan fingerprint density at radius 2 is 1.86 bits per heavy atom. The molecule has 0 spiro atoms. The number of aromatic hydroxyl groups is 2. The van der Waals surface area contributed by atoms with Gasteiger partial charge in [0.25, 0.3) is 5.91 Å². The first-order chi connectivity index (χ1) is 20.1. The summed E-state index contributed by atoms with van der Waals surface area (Å²) in [6.07, 6.45) is -3.47. The Balaban J connectivity index is 1.40. The summed E-state index contributed by atoms with van der Waals surface area (Å²) in [5.41, 5.74) is 2.30. The van der Waals surface area contributed by atoms with Gasteiger partial charge in [0.15, 0.2) is 11.5 Å². The molecular formula is C28H29N3O11. The maximum Gasteiger partial charge on any atom is 0.327 e. The quantitative estimate of drug-likeness (QED) is 0.194. The van der Waals surface area contributed by atoms with Gasteiger partial charge in [-0.05, 0) is 35.4 Å². The van der Waals surface area contributed by atoms with Crippen LogP contribution in [0.3, 0.4) is 0 Å². The predicted octanol–water partition coefficient (Wildman–Crippen LogP) is -0.642. The minimum absolute atomic E-state index is 0.0487. The number of anilines is 1. The molecule has 3 aliphatic heterocycles. The van der Waals surface area contributed by atoms with Gasteiger partial charge in [-0.25, -0.2) is 4.79 Å². The number of carboxylic acid groups (broad SMARTS) is 1. The van der Waals surface area contributed by atoms with Gasteiger partial charge in [0.05, 0.1) is 18.0 Å². The van der Waals surface area contributed by atoms with Crippen LogP contribution in [0.15, 0.2) is 46.4 Å². The third-order valence-electron chi connectivity index (χ3n) is 7.25. The maximum absolute atomic E-state index is 13.4. The van der Waals surface area contributed by atoms with Crippen molar-refractivity contribution in [3.05, 3.63) is 53.1 Å². The Morgan fingerprint density at radius 3 is 2.55 bits per heavy atom. The van der Waals surface area contributed by atoms with Crippen molar-refractivity contribution in [3.8, 4) is 17.2 Å². The van der Waals surface area contributed by atoms with E-state index >= 15 is 0 Å². The lowest BCUT2D eigenvalue weighted by molar-refractivity contribution is -0.277. The molecule has 0 aromatic heterocycles. The SMILES string of the molecule is O=C(O)C1Cc2cc(O)c(OC3OC(CO)C(O)C(O)C3O)cc2N1C(=O)C=Cc1ccc(O)c(CC2=NCN=C2)c1. The molecule has 5 rings (SSSR count). The average molecular weight is 584 g/mol. The van der Waals surface area contributed by atoms with Crippen LogP contribution in [0.5, 0.6) is 17.2 Å². The van der Waals surface area contributed by atoms with E-state index in [-0.39, 0.29) is 23.6 Å². The van der Waals surface area contributed by atoms with Crippen LogP contribution in [0.4, 0.5) is 5.69 Å². The van der Waals surface area contributed by atoms with Crippen LogP contribution < -0.4 is 9.64 Å². The number of fused-ring (bicyclic) bond motifs is 1. The van der Waals surface area contributed by atoms with Crippen LogP contribution in [-0.2, 0) is 27.2 Å². The van der Waals surface area contributed by atoms with Gasteiger partial charge in [-0.15, -0.1) is 0 Å². The van der Waals surface area contributed by atoms with Crippen LogP contribution in [0.25, 0.3) is 6.08 Å². The Hall–Kier alpha value is -4.34. The third kappa shape index (κ3) is 5.70. The Kier molecular flexibility index (Phi) is 8.24. The molecule has 2 aromatic rings. The molecule has 0 saturated carbocycles. The number of aliphatic carboxylic acids is 1. The number of aliphatic hydroxyl groups excluding tert-OH is 4. The molecule has 222 valence electrons. The first-order valence-corrected chi connectivity index (χ1v) is 13.0. The van der Waals surface area contributed by atoms with Crippen LogP contribution in [0.1, 0.15) is 16.7 Å². The van der Waals surface area contributed by atoms with E-state index in [9.17, 15) is 45.3 Å². The normalized spacial score (nSPS) is 26.9. The van der Waals surface area contributed by atoms with Crippen LogP contribution in [0.2, 0.25) is 0 Å². The highest BCUT2D eigenvalue weighted by molar-refractivity contribution is 6.32. The van der Waals surface area contributed by atoms with Gasteiger partial charge < -0.3 is 45.2 Å². The smallest absolute Gasteiger partial charge is 0.327 e. The maximum atomic E-state index is 13.4. The van der Waals surface area contributed by atoms with Crippen molar-refractivity contribution in [2.45, 2.75) is 49.6 Å². The Bertz CT molecular complexity index is 1470. The number of carboxylic acids is 1. The number of ether oxygens (including phenoxy) is 2. The molecule has 1 fully saturated rings. The average Bonchev–Trinajstić information content (AvgIpc) is 3.61. The lowest BCUT2D eigenvalue weighted by Crippen LogP contribution is -2.60. The molecule has 0 aliphatic carbocycles. The summed E-state index contributed by atoms with van der Waals surface area (Å²) in [6, 6.07) is 5.87. The van der Waals surface area contributed by atoms with Crippen molar-refractivity contribution in [2.75, 3.05) is 18.2 Å². The van der Waals surface area contributed by atoms with Crippen LogP contribution >= 0.6 is 0 Å². The second-order valence-electron chi connectivity index (χ2n) is 10.0. The van der Waals surface area contributed by atoms with Gasteiger partial charge in [-0.1, -0.05) is 6.07 Å². The number of phenols is 2. The Morgan fingerprint density at radius 1 is 1.07 bits per heavy atom. The fourth-order valence-electron chi connectivity index (χ4n) is 5.02. The van der Waals surface area contributed by atoms with E-state index in [1.54, 1.807) is 18.3 Å². The van der Waals surface area contributed by atoms with E-state index in [1.165, 1.54) is 30.4 Å². The number of nitrogens with zero attached hydrogens (tertiary/aromatic N) is 3. The minimum atomic E-state index is -1.76. The van der Waals surface area contributed by atoms with E-state index in [0.29, 0.717) is 35.5 Å². The highest BCUT2D eigenvalue weighted by Gasteiger charge is 2.45. The zero-order chi connectivity index (χ0) is 30.1. The van der Waals surface area contributed by atoms with E-state index in [4.69, 9.17) is 9.47 Å². The van der Waals surface area contributed by atoms with Gasteiger partial charge in [-0.3, -0.25) is 19.7 Å². The Labute approximate surface area is 238 Å². The van der Waals surface area contributed by atoms with Crippen molar-refractivity contribution in [3.63, 3.8) is 0 Å². The molecular weight excluding hydrogens is 554 g/mol. The predicted molar refractivity (Wildman–Crippen MR) is 147 cm³/mol. The largest absolute Gasteiger partial charge is 0.508 e. The van der Waals surface area contributed by atoms with Crippen molar-refractivity contribution in [1.82, 2.24) is 0 Å². The molecule has 42 heavy (non-hydrogen) atoms. The number of phenolic OH excluding ortho intramolecular Hbond substituents is 2. The van der Waals surface area contributed by atoms with E-state index < -0.39 is 61.0 Å². The fraction of sp³-hybridized carbons (Fsp3) is 0.357. The highest BCUT2D eigenvalue weighted by atomic mass is 16.7. The topological polar surface area (TPSA) is 222 Å². The molecule has 2 aromatic carbocycles. The monoisotopic (exact) mass is 583 g/mol. The summed E-state index contributed by atoms with van der Waals surface area (Å²) < 4.78 is 10.9. The molecule has 7 N–H and O–H groups in total. The number of aliphatic imine (C=N–C) groups is 2. The number of amides is 1. The molecule has 1 saturated heterocycles. The van der Waals surface area contributed by atoms with Crippen molar-refractivity contribution < 1.29 is 54.8 Å². The first-order valence-electron chi connectivity index (χ1n) is 13.0. The molecule has 3 aliphatic rings. The highest BCUT2D eigenvalue weighted by Crippen LogP contribution is 2.42. The number of carbonyl (C=O) groups is 2. The molecule has 14 nitrogen and oxygen atoms in total. The lowest BCUT2D eigenvalue weighted by Gasteiger charge is -2.39. The lowest BCUT2D eigenvalue weighted by atomic mass is 9.99. The molecule has 0 radical (unpaired) electrons. The summed E-state index contributed by atoms with van der Waals surface area (Å²) in [4.78, 5) is 34.7. The summed E-state index contributed by atoms with van der Waals surface area (Å²) >= 11 is 0. The van der Waals surface area contributed by atoms with Crippen LogP contribution in [-0.4, -0.2) is 110 Å². The van der Waals surface area contributed by atoms with Gasteiger partial charge in [0.2, 0.25) is 6.29 Å². The number of rotatable bonds is 8. The summed E-state index contributed by atoms with van der Waals surface area (Å²) in [6.45, 7) is -0.360. The molecule has 0 bridgehead atoms. The minimum Gasteiger partial charge on any atom is -0.508 e. The van der Waals surface area contributed by atoms with Gasteiger partial charge >= 0.3 is 5.97 Å². The van der Waals surface area contributed by atoms with Gasteiger partial charge in [0, 0.05) is 36.8 Å². The summed E-state index contributed by atoms with van der Waals surface area (Å²) in [7, 11) is 0. The summed E-state index contributed by atoms with van der Waals surface area (Å²) in [5.74, 6) is -2.67. The number of aliphatic hydroxyl groups is 4. The summed E-state index contributed by atoms with van der Waals surface area (Å²) in [5, 5.41) is 70.4. The number of hydrogen-bond donors (Lipinski definition) is 7. The first kappa shape index (κ1) is 29.2. The van der Waals surface area contributed by atoms with Crippen molar-refractivity contribution in [2.24, 2.45) is 9.98 Å².